The summed E-state index contributed by atoms with van der Waals surface area (Å²) < 4.78 is 10.7. The molecule has 0 radical (unpaired) electrons. The maximum Gasteiger partial charge on any atom is 0.254 e. The van der Waals surface area contributed by atoms with Gasteiger partial charge in [-0.25, -0.2) is 0 Å². The number of nitrogens with zero attached hydrogens (tertiary/aromatic N) is 2. The van der Waals surface area contributed by atoms with Crippen molar-refractivity contribution in [1.29, 1.82) is 0 Å². The van der Waals surface area contributed by atoms with Crippen LogP contribution in [-0.2, 0) is 11.2 Å². The van der Waals surface area contributed by atoms with Crippen LogP contribution in [0.4, 0.5) is 0 Å². The monoisotopic (exact) mass is 506 g/mol. The van der Waals surface area contributed by atoms with Crippen LogP contribution >= 0.6 is 11.3 Å². The van der Waals surface area contributed by atoms with Crippen molar-refractivity contribution in [2.24, 2.45) is 0 Å². The van der Waals surface area contributed by atoms with Gasteiger partial charge in [0.15, 0.2) is 0 Å². The topological polar surface area (TPSA) is 59.1 Å². The number of ether oxygens (including phenoxy) is 2. The first-order valence-electron chi connectivity index (χ1n) is 12.3. The normalized spacial score (nSPS) is 15.7. The highest BCUT2D eigenvalue weighted by atomic mass is 32.1. The van der Waals surface area contributed by atoms with E-state index >= 15 is 0 Å². The summed E-state index contributed by atoms with van der Waals surface area (Å²) in [6.45, 7) is 6.70. The Hall–Kier alpha value is -3.32. The van der Waals surface area contributed by atoms with Gasteiger partial charge in [0.05, 0.1) is 20.3 Å². The Balaban J connectivity index is 1.65. The lowest BCUT2D eigenvalue weighted by atomic mass is 9.92. The quantitative estimate of drug-likeness (QED) is 0.405. The molecular formula is C29H34N2O4S. The average molecular weight is 507 g/mol. The summed E-state index contributed by atoms with van der Waals surface area (Å²) in [5.41, 5.74) is 3.89. The number of aryl methyl sites for hydroxylation is 1. The third-order valence-electron chi connectivity index (χ3n) is 6.97. The minimum absolute atomic E-state index is 0.00912. The van der Waals surface area contributed by atoms with Gasteiger partial charge in [-0.3, -0.25) is 9.59 Å². The number of methoxy groups -OCH3 is 2. The Bertz CT molecular complexity index is 1200. The Kier molecular flexibility index (Phi) is 7.99. The molecular weight excluding hydrogens is 472 g/mol. The Morgan fingerprint density at radius 2 is 1.75 bits per heavy atom. The Labute approximate surface area is 217 Å². The molecule has 1 aromatic heterocycles. The number of amides is 2. The lowest BCUT2D eigenvalue weighted by Crippen LogP contribution is -2.49. The van der Waals surface area contributed by atoms with Crippen LogP contribution in [0.5, 0.6) is 11.5 Å². The summed E-state index contributed by atoms with van der Waals surface area (Å²) >= 11 is 1.75. The van der Waals surface area contributed by atoms with E-state index in [4.69, 9.17) is 9.47 Å². The molecule has 2 heterocycles. The van der Waals surface area contributed by atoms with Crippen LogP contribution in [0.25, 0.3) is 0 Å². The number of benzene rings is 2. The zero-order valence-corrected chi connectivity index (χ0v) is 22.4. The summed E-state index contributed by atoms with van der Waals surface area (Å²) in [5.74, 6) is 0.804. The molecule has 2 aromatic carbocycles. The van der Waals surface area contributed by atoms with Gasteiger partial charge >= 0.3 is 0 Å². The zero-order valence-electron chi connectivity index (χ0n) is 21.6. The molecule has 0 N–H and O–H groups in total. The van der Waals surface area contributed by atoms with E-state index in [0.29, 0.717) is 23.6 Å². The minimum Gasteiger partial charge on any atom is -0.497 e. The van der Waals surface area contributed by atoms with Crippen molar-refractivity contribution < 1.29 is 19.1 Å². The fourth-order valence-electron chi connectivity index (χ4n) is 4.67. The van der Waals surface area contributed by atoms with Crippen LogP contribution in [0.1, 0.15) is 58.2 Å². The summed E-state index contributed by atoms with van der Waals surface area (Å²) in [4.78, 5) is 32.5. The molecule has 6 nitrogen and oxygen atoms in total. The van der Waals surface area contributed by atoms with Gasteiger partial charge in [-0.1, -0.05) is 36.8 Å². The highest BCUT2D eigenvalue weighted by molar-refractivity contribution is 7.10. The number of carbonyl (C=O) groups is 2. The second-order valence-electron chi connectivity index (χ2n) is 9.24. The summed E-state index contributed by atoms with van der Waals surface area (Å²) in [6.07, 6.45) is 1.56. The number of thiophene rings is 1. The van der Waals surface area contributed by atoms with Gasteiger partial charge in [-0.2, -0.15) is 0 Å². The molecule has 4 rings (SSSR count). The van der Waals surface area contributed by atoms with E-state index in [1.54, 1.807) is 48.7 Å². The van der Waals surface area contributed by atoms with Gasteiger partial charge in [-0.15, -0.1) is 11.3 Å². The first-order valence-corrected chi connectivity index (χ1v) is 13.2. The maximum atomic E-state index is 13.9. The SMILES string of the molecule is CCC(C)N(CC(=O)N1CCc2sccc2C1c1ccc(C)cc1)C(=O)c1cc(OC)cc(OC)c1. The van der Waals surface area contributed by atoms with E-state index in [0.717, 1.165) is 18.4 Å². The van der Waals surface area contributed by atoms with E-state index in [2.05, 4.69) is 42.6 Å². The first kappa shape index (κ1) is 25.8. The molecule has 0 saturated carbocycles. The van der Waals surface area contributed by atoms with Gasteiger partial charge in [-0.05, 0) is 61.4 Å². The van der Waals surface area contributed by atoms with Crippen molar-refractivity contribution >= 4 is 23.2 Å². The molecule has 36 heavy (non-hydrogen) atoms. The van der Waals surface area contributed by atoms with E-state index in [9.17, 15) is 9.59 Å². The van der Waals surface area contributed by atoms with Crippen molar-refractivity contribution in [2.75, 3.05) is 27.3 Å². The predicted molar refractivity (Wildman–Crippen MR) is 143 cm³/mol. The van der Waals surface area contributed by atoms with Gasteiger partial charge in [0, 0.05) is 29.1 Å². The van der Waals surface area contributed by atoms with Crippen LogP contribution in [-0.4, -0.2) is 55.0 Å². The van der Waals surface area contributed by atoms with E-state index in [-0.39, 0.29) is 30.4 Å². The van der Waals surface area contributed by atoms with Crippen molar-refractivity contribution in [3.8, 4) is 11.5 Å². The second-order valence-corrected chi connectivity index (χ2v) is 10.2. The summed E-state index contributed by atoms with van der Waals surface area (Å²) in [7, 11) is 3.11. The van der Waals surface area contributed by atoms with Crippen molar-refractivity contribution in [1.82, 2.24) is 9.80 Å². The Morgan fingerprint density at radius 1 is 1.08 bits per heavy atom. The van der Waals surface area contributed by atoms with Crippen LogP contribution in [0.15, 0.2) is 53.9 Å². The minimum atomic E-state index is -0.213. The molecule has 0 saturated heterocycles. The van der Waals surface area contributed by atoms with Gasteiger partial charge in [0.2, 0.25) is 5.91 Å². The molecule has 0 spiro atoms. The van der Waals surface area contributed by atoms with E-state index in [1.807, 2.05) is 18.7 Å². The molecule has 0 aliphatic carbocycles. The van der Waals surface area contributed by atoms with Crippen molar-refractivity contribution in [2.45, 2.75) is 45.7 Å². The molecule has 7 heteroatoms. The van der Waals surface area contributed by atoms with Crippen LogP contribution in [0.2, 0.25) is 0 Å². The largest absolute Gasteiger partial charge is 0.497 e. The van der Waals surface area contributed by atoms with Gasteiger partial charge in [0.25, 0.3) is 5.91 Å². The van der Waals surface area contributed by atoms with Crippen molar-refractivity contribution in [3.63, 3.8) is 0 Å². The molecule has 1 aliphatic rings. The fraction of sp³-hybridized carbons (Fsp3) is 0.379. The smallest absolute Gasteiger partial charge is 0.254 e. The molecule has 1 aliphatic heterocycles. The lowest BCUT2D eigenvalue weighted by Gasteiger charge is -2.38. The molecule has 2 atom stereocenters. The first-order chi connectivity index (χ1) is 17.4. The molecule has 190 valence electrons. The Morgan fingerprint density at radius 3 is 2.36 bits per heavy atom. The lowest BCUT2D eigenvalue weighted by molar-refractivity contribution is -0.134. The third kappa shape index (κ3) is 5.26. The number of hydrogen-bond donors (Lipinski definition) is 0. The van der Waals surface area contributed by atoms with E-state index < -0.39 is 0 Å². The van der Waals surface area contributed by atoms with Crippen LogP contribution in [0, 0.1) is 6.92 Å². The highest BCUT2D eigenvalue weighted by Crippen LogP contribution is 2.38. The maximum absolute atomic E-state index is 13.9. The van der Waals surface area contributed by atoms with Crippen LogP contribution in [0.3, 0.4) is 0 Å². The number of fused-ring (bicyclic) bond motifs is 1. The fourth-order valence-corrected chi connectivity index (χ4v) is 5.58. The molecule has 2 amide bonds. The van der Waals surface area contributed by atoms with Gasteiger partial charge in [0.1, 0.15) is 18.0 Å². The van der Waals surface area contributed by atoms with Crippen LogP contribution < -0.4 is 9.47 Å². The summed E-state index contributed by atoms with van der Waals surface area (Å²) in [6, 6.07) is 15.4. The average Bonchev–Trinajstić information content (AvgIpc) is 3.39. The third-order valence-corrected chi connectivity index (χ3v) is 7.96. The molecule has 0 bridgehead atoms. The number of rotatable bonds is 8. The summed E-state index contributed by atoms with van der Waals surface area (Å²) in [5, 5.41) is 2.10. The number of carbonyl (C=O) groups excluding carboxylic acids is 2. The van der Waals surface area contributed by atoms with E-state index in [1.165, 1.54) is 16.0 Å². The number of hydrogen-bond acceptors (Lipinski definition) is 5. The molecule has 3 aromatic rings. The highest BCUT2D eigenvalue weighted by Gasteiger charge is 2.35. The molecule has 2 unspecified atom stereocenters. The zero-order chi connectivity index (χ0) is 25.8. The van der Waals surface area contributed by atoms with Crippen molar-refractivity contribution in [3.05, 3.63) is 81.0 Å². The standard InChI is InChI=1S/C29H34N2O4S/c1-6-20(3)31(29(33)22-15-23(34-4)17-24(16-22)35-5)18-27(32)30-13-11-26-25(12-14-36-26)28(30)21-9-7-19(2)8-10-21/h7-10,12,14-17,20,28H,6,11,13,18H2,1-5H3. The van der Waals surface area contributed by atoms with Gasteiger partial charge < -0.3 is 19.3 Å². The predicted octanol–water partition coefficient (Wildman–Crippen LogP) is 5.49. The molecule has 0 fully saturated rings. The second kappa shape index (κ2) is 11.2.